The fourth-order valence-corrected chi connectivity index (χ4v) is 2.74. The fourth-order valence-electron chi connectivity index (χ4n) is 2.74. The lowest BCUT2D eigenvalue weighted by Gasteiger charge is -2.12. The Morgan fingerprint density at radius 1 is 0.966 bits per heavy atom. The second-order valence-corrected chi connectivity index (χ2v) is 6.38. The van der Waals surface area contributed by atoms with Crippen molar-refractivity contribution in [1.82, 2.24) is 9.97 Å². The molecule has 0 atom stereocenters. The maximum absolute atomic E-state index is 12.7. The number of rotatable bonds is 6. The highest BCUT2D eigenvalue weighted by Crippen LogP contribution is 2.21. The van der Waals surface area contributed by atoms with Crippen molar-refractivity contribution >= 4 is 29.2 Å². The molecule has 1 amide bonds. The summed E-state index contributed by atoms with van der Waals surface area (Å²) in [4.78, 5) is 33.5. The van der Waals surface area contributed by atoms with Crippen molar-refractivity contribution in [3.05, 3.63) is 77.1 Å². The van der Waals surface area contributed by atoms with Crippen LogP contribution in [0.3, 0.4) is 0 Å². The maximum Gasteiger partial charge on any atom is 0.340 e. The molecule has 3 rings (SSSR count). The van der Waals surface area contributed by atoms with Gasteiger partial charge in [0.2, 0.25) is 5.95 Å². The Morgan fingerprint density at radius 2 is 1.66 bits per heavy atom. The number of hydrogen-bond donors (Lipinski definition) is 2. The first-order valence-corrected chi connectivity index (χ1v) is 9.23. The monoisotopic (exact) mass is 390 g/mol. The van der Waals surface area contributed by atoms with Crippen LogP contribution >= 0.6 is 0 Å². The Morgan fingerprint density at radius 3 is 2.38 bits per heavy atom. The highest BCUT2D eigenvalue weighted by atomic mass is 16.5. The van der Waals surface area contributed by atoms with Gasteiger partial charge in [0.15, 0.2) is 0 Å². The fraction of sp³-hybridized carbons (Fsp3) is 0.182. The van der Waals surface area contributed by atoms with E-state index >= 15 is 0 Å². The van der Waals surface area contributed by atoms with Gasteiger partial charge in [-0.15, -0.1) is 0 Å². The Hall–Kier alpha value is -3.74. The number of ether oxygens (including phenoxy) is 1. The Labute approximate surface area is 169 Å². The molecule has 0 saturated heterocycles. The van der Waals surface area contributed by atoms with Crippen LogP contribution < -0.4 is 10.6 Å². The van der Waals surface area contributed by atoms with Crippen molar-refractivity contribution in [3.63, 3.8) is 0 Å². The topological polar surface area (TPSA) is 93.2 Å². The zero-order valence-electron chi connectivity index (χ0n) is 16.5. The molecule has 7 nitrogen and oxygen atoms in total. The molecular weight excluding hydrogens is 368 g/mol. The van der Waals surface area contributed by atoms with Gasteiger partial charge in [-0.3, -0.25) is 4.79 Å². The molecule has 0 unspecified atom stereocenters. The van der Waals surface area contributed by atoms with Crippen LogP contribution in [0.1, 0.15) is 39.0 Å². The second-order valence-electron chi connectivity index (χ2n) is 6.38. The number of aromatic nitrogens is 2. The van der Waals surface area contributed by atoms with Gasteiger partial charge in [0.05, 0.1) is 17.9 Å². The lowest BCUT2D eigenvalue weighted by molar-refractivity contribution is 0.0527. The molecule has 0 radical (unpaired) electrons. The van der Waals surface area contributed by atoms with E-state index in [0.717, 1.165) is 11.3 Å². The van der Waals surface area contributed by atoms with E-state index in [9.17, 15) is 9.59 Å². The molecule has 0 bridgehead atoms. The highest BCUT2D eigenvalue weighted by molar-refractivity contribution is 6.03. The van der Waals surface area contributed by atoms with E-state index in [1.54, 1.807) is 44.2 Å². The summed E-state index contributed by atoms with van der Waals surface area (Å²) >= 11 is 0. The zero-order valence-corrected chi connectivity index (χ0v) is 16.5. The van der Waals surface area contributed by atoms with Gasteiger partial charge >= 0.3 is 5.97 Å². The average Bonchev–Trinajstić information content (AvgIpc) is 2.70. The van der Waals surface area contributed by atoms with Gasteiger partial charge in [-0.1, -0.05) is 30.3 Å². The molecule has 0 aliphatic carbocycles. The van der Waals surface area contributed by atoms with Crippen LogP contribution in [-0.2, 0) is 4.74 Å². The van der Waals surface area contributed by atoms with Crippen molar-refractivity contribution in [2.45, 2.75) is 20.8 Å². The van der Waals surface area contributed by atoms with Crippen LogP contribution in [0.2, 0.25) is 0 Å². The quantitative estimate of drug-likeness (QED) is 0.611. The molecule has 2 aromatic carbocycles. The molecule has 7 heteroatoms. The summed E-state index contributed by atoms with van der Waals surface area (Å²) < 4.78 is 5.09. The van der Waals surface area contributed by atoms with Gasteiger partial charge < -0.3 is 15.4 Å². The summed E-state index contributed by atoms with van der Waals surface area (Å²) in [5.74, 6) is -0.566. The third kappa shape index (κ3) is 4.95. The number of carbonyl (C=O) groups excluding carboxylic acids is 2. The number of carbonyl (C=O) groups is 2. The lowest BCUT2D eigenvalue weighted by Crippen LogP contribution is -2.16. The van der Waals surface area contributed by atoms with Crippen LogP contribution in [-0.4, -0.2) is 28.5 Å². The Bertz CT molecular complexity index is 1050. The van der Waals surface area contributed by atoms with E-state index in [-0.39, 0.29) is 24.2 Å². The third-order valence-electron chi connectivity index (χ3n) is 4.15. The minimum atomic E-state index is -0.444. The molecule has 1 aromatic heterocycles. The molecule has 0 aliphatic heterocycles. The predicted octanol–water partition coefficient (Wildman–Crippen LogP) is 4.27. The van der Waals surface area contributed by atoms with Gasteiger partial charge in [0.1, 0.15) is 5.69 Å². The lowest BCUT2D eigenvalue weighted by atomic mass is 10.2. The number of para-hydroxylation sites is 2. The summed E-state index contributed by atoms with van der Waals surface area (Å²) in [5, 5.41) is 5.88. The van der Waals surface area contributed by atoms with Crippen LogP contribution in [0.25, 0.3) is 0 Å². The standard InChI is InChI=1S/C22H22N4O3/c1-4-29-21(28)16-10-6-8-12-18(16)25-22-23-15(3)13-19(26-22)20(27)24-17-11-7-5-9-14(17)2/h5-13H,4H2,1-3H3,(H,24,27)(H,23,25,26). The summed E-state index contributed by atoms with van der Waals surface area (Å²) in [6.45, 7) is 5.71. The van der Waals surface area contributed by atoms with E-state index in [1.807, 2.05) is 31.2 Å². The first-order chi connectivity index (χ1) is 14.0. The van der Waals surface area contributed by atoms with E-state index < -0.39 is 5.97 Å². The molecule has 2 N–H and O–H groups in total. The first-order valence-electron chi connectivity index (χ1n) is 9.23. The Kier molecular flexibility index (Phi) is 6.19. The molecule has 0 aliphatic rings. The maximum atomic E-state index is 12.7. The van der Waals surface area contributed by atoms with Crippen molar-refractivity contribution in [1.29, 1.82) is 0 Å². The normalized spacial score (nSPS) is 10.3. The van der Waals surface area contributed by atoms with Gasteiger partial charge in [-0.2, -0.15) is 0 Å². The smallest absolute Gasteiger partial charge is 0.340 e. The molecule has 3 aromatic rings. The van der Waals surface area contributed by atoms with Crippen LogP contribution in [0.5, 0.6) is 0 Å². The molecular formula is C22H22N4O3. The average molecular weight is 390 g/mol. The number of esters is 1. The third-order valence-corrected chi connectivity index (χ3v) is 4.15. The molecule has 1 heterocycles. The molecule has 148 valence electrons. The van der Waals surface area contributed by atoms with E-state index in [4.69, 9.17) is 4.74 Å². The van der Waals surface area contributed by atoms with Crippen molar-refractivity contribution < 1.29 is 14.3 Å². The molecule has 29 heavy (non-hydrogen) atoms. The first kappa shape index (κ1) is 20.0. The van der Waals surface area contributed by atoms with Crippen molar-refractivity contribution in [3.8, 4) is 0 Å². The van der Waals surface area contributed by atoms with Gasteiger partial charge in [0, 0.05) is 11.4 Å². The van der Waals surface area contributed by atoms with Crippen molar-refractivity contribution in [2.24, 2.45) is 0 Å². The summed E-state index contributed by atoms with van der Waals surface area (Å²) in [6.07, 6.45) is 0. The number of anilines is 3. The van der Waals surface area contributed by atoms with Gasteiger partial charge in [-0.25, -0.2) is 14.8 Å². The van der Waals surface area contributed by atoms with Crippen LogP contribution in [0.15, 0.2) is 54.6 Å². The summed E-state index contributed by atoms with van der Waals surface area (Å²) in [6, 6.07) is 16.0. The Balaban J connectivity index is 1.86. The van der Waals surface area contributed by atoms with E-state index in [0.29, 0.717) is 16.9 Å². The van der Waals surface area contributed by atoms with E-state index in [2.05, 4.69) is 20.6 Å². The number of aryl methyl sites for hydroxylation is 2. The van der Waals surface area contributed by atoms with Crippen LogP contribution in [0, 0.1) is 13.8 Å². The minimum Gasteiger partial charge on any atom is -0.462 e. The van der Waals surface area contributed by atoms with E-state index in [1.165, 1.54) is 0 Å². The number of nitrogens with one attached hydrogen (secondary N) is 2. The van der Waals surface area contributed by atoms with Gasteiger partial charge in [-0.05, 0) is 50.6 Å². The number of amides is 1. The predicted molar refractivity (Wildman–Crippen MR) is 112 cm³/mol. The number of benzene rings is 2. The molecule has 0 fully saturated rings. The zero-order chi connectivity index (χ0) is 20.8. The van der Waals surface area contributed by atoms with Gasteiger partial charge in [0.25, 0.3) is 5.91 Å². The van der Waals surface area contributed by atoms with Crippen LogP contribution in [0.4, 0.5) is 17.3 Å². The van der Waals surface area contributed by atoms with Crippen molar-refractivity contribution in [2.75, 3.05) is 17.2 Å². The largest absolute Gasteiger partial charge is 0.462 e. The molecule has 0 spiro atoms. The summed E-state index contributed by atoms with van der Waals surface area (Å²) in [5.41, 5.74) is 3.37. The number of hydrogen-bond acceptors (Lipinski definition) is 6. The summed E-state index contributed by atoms with van der Waals surface area (Å²) in [7, 11) is 0. The highest BCUT2D eigenvalue weighted by Gasteiger charge is 2.15. The SMILES string of the molecule is CCOC(=O)c1ccccc1Nc1nc(C)cc(C(=O)Nc2ccccc2C)n1. The molecule has 0 saturated carbocycles. The number of nitrogens with zero attached hydrogens (tertiary/aromatic N) is 2. The minimum absolute atomic E-state index is 0.219. The second kappa shape index (κ2) is 8.97.